The molecular formula is C22H25F3O3. The van der Waals surface area contributed by atoms with E-state index in [0.29, 0.717) is 24.5 Å². The summed E-state index contributed by atoms with van der Waals surface area (Å²) in [6.07, 6.45) is 3.35. The van der Waals surface area contributed by atoms with Crippen LogP contribution in [0.25, 0.3) is 0 Å². The topological polar surface area (TPSA) is 27.7 Å². The summed E-state index contributed by atoms with van der Waals surface area (Å²) in [5.41, 5.74) is 0.714. The highest BCUT2D eigenvalue weighted by Crippen LogP contribution is 2.38. The van der Waals surface area contributed by atoms with Crippen LogP contribution in [0.4, 0.5) is 13.2 Å². The second-order valence-corrected chi connectivity index (χ2v) is 7.04. The highest BCUT2D eigenvalue weighted by atomic mass is 19.2. The van der Waals surface area contributed by atoms with Crippen molar-refractivity contribution in [1.29, 1.82) is 0 Å². The van der Waals surface area contributed by atoms with Crippen LogP contribution in [0.5, 0.6) is 17.2 Å². The van der Waals surface area contributed by atoms with Gasteiger partial charge in [0.05, 0.1) is 20.3 Å². The zero-order valence-corrected chi connectivity index (χ0v) is 16.1. The van der Waals surface area contributed by atoms with Crippen LogP contribution in [0.15, 0.2) is 30.3 Å². The van der Waals surface area contributed by atoms with Crippen LogP contribution in [0.1, 0.15) is 44.1 Å². The van der Waals surface area contributed by atoms with E-state index in [4.69, 9.17) is 14.2 Å². The molecule has 0 aromatic heterocycles. The first-order chi connectivity index (χ1) is 13.5. The molecule has 0 aliphatic heterocycles. The zero-order valence-electron chi connectivity index (χ0n) is 16.1. The first kappa shape index (κ1) is 20.4. The minimum absolute atomic E-state index is 0.113. The minimum atomic E-state index is -1.05. The molecule has 0 N–H and O–H groups in total. The Kier molecular flexibility index (Phi) is 6.70. The molecule has 2 aromatic carbocycles. The standard InChI is InChI=1S/C22H25F3O3/c1-3-27-16-8-9-17(18(23)12-16)15-6-4-14(5-7-15)13-28-20-11-10-19(26-2)21(24)22(20)25/h8-12,14-15H,3-7,13H2,1-2H3. The van der Waals surface area contributed by atoms with Crippen molar-refractivity contribution in [1.82, 2.24) is 0 Å². The molecule has 0 unspecified atom stereocenters. The molecule has 0 bridgehead atoms. The van der Waals surface area contributed by atoms with E-state index in [-0.39, 0.29) is 29.2 Å². The lowest BCUT2D eigenvalue weighted by molar-refractivity contribution is 0.191. The Balaban J connectivity index is 1.54. The van der Waals surface area contributed by atoms with Crippen LogP contribution >= 0.6 is 0 Å². The maximum absolute atomic E-state index is 14.4. The fraction of sp³-hybridized carbons (Fsp3) is 0.455. The molecule has 2 aromatic rings. The van der Waals surface area contributed by atoms with Crippen molar-refractivity contribution in [2.45, 2.75) is 38.5 Å². The molecule has 0 amide bonds. The molecule has 3 rings (SSSR count). The number of benzene rings is 2. The molecule has 1 aliphatic carbocycles. The van der Waals surface area contributed by atoms with E-state index >= 15 is 0 Å². The second-order valence-electron chi connectivity index (χ2n) is 7.04. The molecule has 28 heavy (non-hydrogen) atoms. The van der Waals surface area contributed by atoms with Crippen LogP contribution in [0.3, 0.4) is 0 Å². The fourth-order valence-corrected chi connectivity index (χ4v) is 3.73. The average molecular weight is 394 g/mol. The lowest BCUT2D eigenvalue weighted by Crippen LogP contribution is -2.20. The van der Waals surface area contributed by atoms with Gasteiger partial charge < -0.3 is 14.2 Å². The minimum Gasteiger partial charge on any atom is -0.494 e. The number of rotatable bonds is 7. The van der Waals surface area contributed by atoms with Crippen molar-refractivity contribution in [3.63, 3.8) is 0 Å². The van der Waals surface area contributed by atoms with Crippen molar-refractivity contribution in [2.24, 2.45) is 5.92 Å². The Morgan fingerprint density at radius 1 is 0.893 bits per heavy atom. The molecule has 1 aliphatic rings. The first-order valence-electron chi connectivity index (χ1n) is 9.60. The average Bonchev–Trinajstić information content (AvgIpc) is 2.70. The molecule has 0 saturated heterocycles. The normalized spacial score (nSPS) is 19.3. The molecule has 1 fully saturated rings. The molecule has 0 atom stereocenters. The van der Waals surface area contributed by atoms with E-state index < -0.39 is 11.6 Å². The van der Waals surface area contributed by atoms with Crippen molar-refractivity contribution < 1.29 is 27.4 Å². The predicted molar refractivity (Wildman–Crippen MR) is 101 cm³/mol. The summed E-state index contributed by atoms with van der Waals surface area (Å²) in [5, 5.41) is 0. The number of halogens is 3. The Hall–Kier alpha value is -2.37. The number of hydrogen-bond acceptors (Lipinski definition) is 3. The van der Waals surface area contributed by atoms with Crippen molar-refractivity contribution in [2.75, 3.05) is 20.3 Å². The summed E-state index contributed by atoms with van der Waals surface area (Å²) in [7, 11) is 1.28. The van der Waals surface area contributed by atoms with Crippen molar-refractivity contribution in [3.8, 4) is 17.2 Å². The summed E-state index contributed by atoms with van der Waals surface area (Å²) in [5.74, 6) is -1.66. The SMILES string of the molecule is CCOc1ccc(C2CCC(COc3ccc(OC)c(F)c3F)CC2)c(F)c1. The van der Waals surface area contributed by atoms with E-state index in [1.807, 2.05) is 6.92 Å². The van der Waals surface area contributed by atoms with Gasteiger partial charge >= 0.3 is 0 Å². The monoisotopic (exact) mass is 394 g/mol. The van der Waals surface area contributed by atoms with Gasteiger partial charge in [-0.2, -0.15) is 8.78 Å². The first-order valence-corrected chi connectivity index (χ1v) is 9.60. The van der Waals surface area contributed by atoms with E-state index in [9.17, 15) is 13.2 Å². The van der Waals surface area contributed by atoms with E-state index in [1.54, 1.807) is 12.1 Å². The molecule has 0 spiro atoms. The molecule has 0 heterocycles. The quantitative estimate of drug-likeness (QED) is 0.588. The number of methoxy groups -OCH3 is 1. The van der Waals surface area contributed by atoms with Gasteiger partial charge in [0.15, 0.2) is 11.5 Å². The van der Waals surface area contributed by atoms with Crippen LogP contribution in [-0.2, 0) is 0 Å². The molecular weight excluding hydrogens is 369 g/mol. The molecule has 6 heteroatoms. The van der Waals surface area contributed by atoms with Gasteiger partial charge in [-0.05, 0) is 68.2 Å². The summed E-state index contributed by atoms with van der Waals surface area (Å²) >= 11 is 0. The third-order valence-electron chi connectivity index (χ3n) is 5.28. The van der Waals surface area contributed by atoms with Gasteiger partial charge in [-0.25, -0.2) is 4.39 Å². The van der Waals surface area contributed by atoms with Crippen LogP contribution in [-0.4, -0.2) is 20.3 Å². The maximum atomic E-state index is 14.4. The van der Waals surface area contributed by atoms with Gasteiger partial charge in [0.1, 0.15) is 11.6 Å². The van der Waals surface area contributed by atoms with Gasteiger partial charge in [0.2, 0.25) is 11.6 Å². The van der Waals surface area contributed by atoms with E-state index in [0.717, 1.165) is 25.7 Å². The Morgan fingerprint density at radius 3 is 2.21 bits per heavy atom. The van der Waals surface area contributed by atoms with E-state index in [2.05, 4.69) is 0 Å². The van der Waals surface area contributed by atoms with Crippen molar-refractivity contribution in [3.05, 3.63) is 53.3 Å². The number of hydrogen-bond donors (Lipinski definition) is 0. The van der Waals surface area contributed by atoms with Crippen molar-refractivity contribution >= 4 is 0 Å². The summed E-state index contributed by atoms with van der Waals surface area (Å²) < 4.78 is 57.7. The third kappa shape index (κ3) is 4.54. The second kappa shape index (κ2) is 9.22. The molecule has 0 radical (unpaired) electrons. The van der Waals surface area contributed by atoms with Crippen LogP contribution in [0, 0.1) is 23.4 Å². The lowest BCUT2D eigenvalue weighted by atomic mass is 9.79. The predicted octanol–water partition coefficient (Wildman–Crippen LogP) is 5.86. The highest BCUT2D eigenvalue weighted by Gasteiger charge is 2.25. The summed E-state index contributed by atoms with van der Waals surface area (Å²) in [6.45, 7) is 2.67. The molecule has 152 valence electrons. The van der Waals surface area contributed by atoms with Crippen LogP contribution in [0.2, 0.25) is 0 Å². The van der Waals surface area contributed by atoms with Gasteiger partial charge in [0, 0.05) is 6.07 Å². The largest absolute Gasteiger partial charge is 0.494 e. The lowest BCUT2D eigenvalue weighted by Gasteiger charge is -2.29. The van der Waals surface area contributed by atoms with Crippen LogP contribution < -0.4 is 14.2 Å². The van der Waals surface area contributed by atoms with Gasteiger partial charge in [-0.3, -0.25) is 0 Å². The molecule has 1 saturated carbocycles. The Labute approximate surface area is 163 Å². The highest BCUT2D eigenvalue weighted by molar-refractivity contribution is 5.35. The van der Waals surface area contributed by atoms with E-state index in [1.165, 1.54) is 25.3 Å². The number of ether oxygens (including phenoxy) is 3. The fourth-order valence-electron chi connectivity index (χ4n) is 3.73. The van der Waals surface area contributed by atoms with Gasteiger partial charge in [-0.1, -0.05) is 6.07 Å². The molecule has 3 nitrogen and oxygen atoms in total. The zero-order chi connectivity index (χ0) is 20.1. The smallest absolute Gasteiger partial charge is 0.204 e. The Morgan fingerprint density at radius 2 is 1.57 bits per heavy atom. The third-order valence-corrected chi connectivity index (χ3v) is 5.28. The maximum Gasteiger partial charge on any atom is 0.204 e. The van der Waals surface area contributed by atoms with Gasteiger partial charge in [0.25, 0.3) is 0 Å². The summed E-state index contributed by atoms with van der Waals surface area (Å²) in [4.78, 5) is 0. The Bertz CT molecular complexity index is 802. The van der Waals surface area contributed by atoms with Gasteiger partial charge in [-0.15, -0.1) is 0 Å². The summed E-state index contributed by atoms with van der Waals surface area (Å²) in [6, 6.07) is 7.77.